The minimum absolute atomic E-state index is 0.0192. The van der Waals surface area contributed by atoms with Crippen molar-refractivity contribution in [1.82, 2.24) is 15.0 Å². The molecule has 1 aromatic carbocycles. The molecule has 0 saturated carbocycles. The molecule has 4 rings (SSSR count). The third-order valence-corrected chi connectivity index (χ3v) is 4.44. The van der Waals surface area contributed by atoms with E-state index in [2.05, 4.69) is 20.3 Å². The van der Waals surface area contributed by atoms with Gasteiger partial charge in [0.1, 0.15) is 5.82 Å². The lowest BCUT2D eigenvalue weighted by Crippen LogP contribution is -2.28. The van der Waals surface area contributed by atoms with E-state index >= 15 is 0 Å². The van der Waals surface area contributed by atoms with Crippen molar-refractivity contribution in [3.8, 4) is 0 Å². The average Bonchev–Trinajstić information content (AvgIpc) is 2.94. The van der Waals surface area contributed by atoms with Crippen molar-refractivity contribution < 1.29 is 4.79 Å². The molecule has 3 aromatic rings. The molecule has 1 atom stereocenters. The van der Waals surface area contributed by atoms with Crippen molar-refractivity contribution in [3.05, 3.63) is 53.7 Å². The van der Waals surface area contributed by atoms with Crippen molar-refractivity contribution >= 4 is 22.5 Å². The second-order valence-electron chi connectivity index (χ2n) is 6.05. The Kier molecular flexibility index (Phi) is 3.33. The van der Waals surface area contributed by atoms with Crippen LogP contribution in [0, 0.1) is 12.8 Å². The van der Waals surface area contributed by atoms with Gasteiger partial charge < -0.3 is 10.3 Å². The second-order valence-corrected chi connectivity index (χ2v) is 6.05. The van der Waals surface area contributed by atoms with Crippen LogP contribution in [0.2, 0.25) is 0 Å². The van der Waals surface area contributed by atoms with E-state index in [0.717, 1.165) is 53.1 Å². The first kappa shape index (κ1) is 13.9. The molecule has 2 heterocycles. The molecule has 5 heteroatoms. The number of anilines is 1. The average molecular weight is 306 g/mol. The molecule has 0 aliphatic heterocycles. The molecule has 1 aliphatic carbocycles. The number of fused-ring (bicyclic) bond motifs is 2. The maximum Gasteiger partial charge on any atom is 0.227 e. The van der Waals surface area contributed by atoms with Crippen molar-refractivity contribution in [2.45, 2.75) is 26.2 Å². The van der Waals surface area contributed by atoms with Crippen LogP contribution in [0.25, 0.3) is 10.9 Å². The Hall–Kier alpha value is -2.69. The van der Waals surface area contributed by atoms with Gasteiger partial charge in [0.2, 0.25) is 5.91 Å². The van der Waals surface area contributed by atoms with Crippen LogP contribution in [0.15, 0.2) is 36.5 Å². The summed E-state index contributed by atoms with van der Waals surface area (Å²) in [6, 6.07) is 9.66. The van der Waals surface area contributed by atoms with E-state index in [9.17, 15) is 4.79 Å². The molecular formula is C18H18N4O. The van der Waals surface area contributed by atoms with Crippen LogP contribution < -0.4 is 5.32 Å². The minimum Gasteiger partial charge on any atom is -0.346 e. The minimum atomic E-state index is -0.0192. The number of aromatic amines is 1. The van der Waals surface area contributed by atoms with Gasteiger partial charge in [0.05, 0.1) is 16.9 Å². The lowest BCUT2D eigenvalue weighted by atomic mass is 9.89. The zero-order chi connectivity index (χ0) is 15.8. The van der Waals surface area contributed by atoms with Gasteiger partial charge in [0.15, 0.2) is 0 Å². The van der Waals surface area contributed by atoms with Gasteiger partial charge in [-0.25, -0.2) is 4.98 Å². The van der Waals surface area contributed by atoms with Crippen molar-refractivity contribution in [1.29, 1.82) is 0 Å². The predicted octanol–water partition coefficient (Wildman–Crippen LogP) is 3.01. The molecule has 1 amide bonds. The fourth-order valence-electron chi connectivity index (χ4n) is 3.29. The zero-order valence-electron chi connectivity index (χ0n) is 13.0. The molecule has 0 fully saturated rings. The predicted molar refractivity (Wildman–Crippen MR) is 89.2 cm³/mol. The molecule has 0 bridgehead atoms. The fraction of sp³-hybridized carbons (Fsp3) is 0.278. The lowest BCUT2D eigenvalue weighted by Gasteiger charge is -2.21. The van der Waals surface area contributed by atoms with Crippen LogP contribution in [0.3, 0.4) is 0 Å². The summed E-state index contributed by atoms with van der Waals surface area (Å²) >= 11 is 0. The summed E-state index contributed by atoms with van der Waals surface area (Å²) in [5, 5.41) is 4.05. The van der Waals surface area contributed by atoms with Crippen molar-refractivity contribution in [2.24, 2.45) is 5.92 Å². The van der Waals surface area contributed by atoms with Crippen LogP contribution in [0.5, 0.6) is 0 Å². The van der Waals surface area contributed by atoms with Gasteiger partial charge in [-0.2, -0.15) is 0 Å². The zero-order valence-corrected chi connectivity index (χ0v) is 13.0. The van der Waals surface area contributed by atoms with E-state index in [1.54, 1.807) is 6.20 Å². The number of pyridine rings is 1. The van der Waals surface area contributed by atoms with Gasteiger partial charge in [-0.1, -0.05) is 6.07 Å². The van der Waals surface area contributed by atoms with E-state index in [-0.39, 0.29) is 11.8 Å². The maximum atomic E-state index is 12.7. The number of nitrogens with one attached hydrogen (secondary N) is 2. The molecule has 0 saturated heterocycles. The number of imidazole rings is 1. The number of nitrogens with zero attached hydrogens (tertiary/aromatic N) is 2. The number of benzene rings is 1. The molecule has 5 nitrogen and oxygen atoms in total. The number of aryl methyl sites for hydroxylation is 2. The summed E-state index contributed by atoms with van der Waals surface area (Å²) in [5.41, 5.74) is 3.93. The Bertz CT molecular complexity index is 878. The van der Waals surface area contributed by atoms with Gasteiger partial charge in [0, 0.05) is 29.6 Å². The normalized spacial score (nSPS) is 17.0. The molecule has 116 valence electrons. The highest BCUT2D eigenvalue weighted by Gasteiger charge is 2.27. The molecule has 0 spiro atoms. The first-order valence-electron chi connectivity index (χ1n) is 7.89. The Morgan fingerprint density at radius 3 is 3.13 bits per heavy atom. The number of H-pyrrole nitrogens is 1. The van der Waals surface area contributed by atoms with E-state index in [0.29, 0.717) is 0 Å². The molecular weight excluding hydrogens is 288 g/mol. The highest BCUT2D eigenvalue weighted by Crippen LogP contribution is 2.27. The van der Waals surface area contributed by atoms with Gasteiger partial charge in [-0.3, -0.25) is 9.78 Å². The number of hydrogen-bond donors (Lipinski definition) is 2. The molecule has 2 N–H and O–H groups in total. The Morgan fingerprint density at radius 2 is 2.22 bits per heavy atom. The van der Waals surface area contributed by atoms with Gasteiger partial charge in [0.25, 0.3) is 0 Å². The highest BCUT2D eigenvalue weighted by molar-refractivity contribution is 6.01. The number of carbonyl (C=O) groups is 1. The van der Waals surface area contributed by atoms with Crippen LogP contribution in [0.4, 0.5) is 5.69 Å². The Labute approximate surface area is 134 Å². The van der Waals surface area contributed by atoms with E-state index in [4.69, 9.17) is 0 Å². The summed E-state index contributed by atoms with van der Waals surface area (Å²) in [5.74, 6) is 0.977. The summed E-state index contributed by atoms with van der Waals surface area (Å²) < 4.78 is 0. The number of hydrogen-bond acceptors (Lipinski definition) is 3. The van der Waals surface area contributed by atoms with Gasteiger partial charge in [-0.15, -0.1) is 0 Å². The monoisotopic (exact) mass is 306 g/mol. The van der Waals surface area contributed by atoms with E-state index in [1.807, 2.05) is 37.3 Å². The fourth-order valence-corrected chi connectivity index (χ4v) is 3.29. The molecule has 1 unspecified atom stereocenters. The smallest absolute Gasteiger partial charge is 0.227 e. The third kappa shape index (κ3) is 2.59. The molecule has 2 aromatic heterocycles. The Balaban J connectivity index is 1.56. The summed E-state index contributed by atoms with van der Waals surface area (Å²) in [6.07, 6.45) is 4.18. The first-order valence-corrected chi connectivity index (χ1v) is 7.89. The lowest BCUT2D eigenvalue weighted by molar-refractivity contribution is -0.120. The summed E-state index contributed by atoms with van der Waals surface area (Å²) in [7, 11) is 0. The standard InChI is InChI=1S/C18H18N4O/c1-11-20-16-8-7-12(10-17(16)21-11)18(23)22-15-6-2-5-14-13(15)4-3-9-19-14/h2-6,9,12H,7-8,10H2,1H3,(H,20,21)(H,22,23). The maximum absolute atomic E-state index is 12.7. The number of rotatable bonds is 2. The number of aromatic nitrogens is 3. The van der Waals surface area contributed by atoms with Crippen molar-refractivity contribution in [3.63, 3.8) is 0 Å². The van der Waals surface area contributed by atoms with Crippen LogP contribution in [-0.2, 0) is 17.6 Å². The van der Waals surface area contributed by atoms with Gasteiger partial charge >= 0.3 is 0 Å². The Morgan fingerprint density at radius 1 is 1.30 bits per heavy atom. The van der Waals surface area contributed by atoms with Crippen LogP contribution in [-0.4, -0.2) is 20.9 Å². The molecule has 0 radical (unpaired) electrons. The quantitative estimate of drug-likeness (QED) is 0.764. The van der Waals surface area contributed by atoms with Gasteiger partial charge in [-0.05, 0) is 44.0 Å². The largest absolute Gasteiger partial charge is 0.346 e. The second kappa shape index (κ2) is 5.50. The van der Waals surface area contributed by atoms with Crippen LogP contribution >= 0.6 is 0 Å². The van der Waals surface area contributed by atoms with E-state index in [1.165, 1.54) is 0 Å². The van der Waals surface area contributed by atoms with E-state index < -0.39 is 0 Å². The van der Waals surface area contributed by atoms with Crippen LogP contribution in [0.1, 0.15) is 23.6 Å². The molecule has 1 aliphatic rings. The SMILES string of the molecule is Cc1nc2c([nH]1)CC(C(=O)Nc1cccc3ncccc13)CC2. The molecule has 23 heavy (non-hydrogen) atoms. The van der Waals surface area contributed by atoms with Crippen molar-refractivity contribution in [2.75, 3.05) is 5.32 Å². The first-order chi connectivity index (χ1) is 11.2. The topological polar surface area (TPSA) is 70.7 Å². The summed E-state index contributed by atoms with van der Waals surface area (Å²) in [6.45, 7) is 1.95. The third-order valence-electron chi connectivity index (χ3n) is 4.44. The number of amides is 1. The number of carbonyl (C=O) groups excluding carboxylic acids is 1. The highest BCUT2D eigenvalue weighted by atomic mass is 16.1. The summed E-state index contributed by atoms with van der Waals surface area (Å²) in [4.78, 5) is 24.7.